The second kappa shape index (κ2) is 14.8. The zero-order valence-electron chi connectivity index (χ0n) is 36.2. The zero-order valence-corrected chi connectivity index (χ0v) is 36.2. The van der Waals surface area contributed by atoms with Gasteiger partial charge in [0.25, 0.3) is 0 Å². The molecular weight excluding hydrogens is 817 g/mol. The van der Waals surface area contributed by atoms with Crippen molar-refractivity contribution in [2.45, 2.75) is 0 Å². The summed E-state index contributed by atoms with van der Waals surface area (Å²) in [4.78, 5) is 0. The van der Waals surface area contributed by atoms with E-state index in [2.05, 4.69) is 218 Å². The van der Waals surface area contributed by atoms with Gasteiger partial charge in [0.05, 0.1) is 0 Å². The van der Waals surface area contributed by atoms with Gasteiger partial charge in [-0.15, -0.1) is 0 Å². The molecule has 0 bridgehead atoms. The van der Waals surface area contributed by atoms with E-state index in [0.717, 1.165) is 133 Å². The van der Waals surface area contributed by atoms with Gasteiger partial charge >= 0.3 is 0 Å². The molecule has 1 aliphatic heterocycles. The molecular formula is C64H38O3. The van der Waals surface area contributed by atoms with Gasteiger partial charge in [-0.2, -0.15) is 0 Å². The van der Waals surface area contributed by atoms with Gasteiger partial charge in [-0.3, -0.25) is 0 Å². The molecule has 67 heavy (non-hydrogen) atoms. The maximum absolute atomic E-state index is 7.15. The van der Waals surface area contributed by atoms with Crippen LogP contribution in [-0.4, -0.2) is 0 Å². The van der Waals surface area contributed by atoms with E-state index in [4.69, 9.17) is 13.6 Å². The average molecular weight is 855 g/mol. The monoisotopic (exact) mass is 854 g/mol. The van der Waals surface area contributed by atoms with Crippen LogP contribution in [0.25, 0.3) is 133 Å². The van der Waals surface area contributed by atoms with Crippen molar-refractivity contribution in [1.29, 1.82) is 0 Å². The van der Waals surface area contributed by atoms with Crippen LogP contribution in [0.4, 0.5) is 0 Å². The van der Waals surface area contributed by atoms with E-state index in [9.17, 15) is 0 Å². The third-order valence-electron chi connectivity index (χ3n) is 13.7. The van der Waals surface area contributed by atoms with Crippen molar-refractivity contribution in [3.05, 3.63) is 231 Å². The Morgan fingerprint density at radius 2 is 0.746 bits per heavy atom. The second-order valence-electron chi connectivity index (χ2n) is 17.4. The van der Waals surface area contributed by atoms with Crippen LogP contribution in [0.3, 0.4) is 0 Å². The number of furan rings is 2. The largest absolute Gasteiger partial charge is 0.456 e. The van der Waals surface area contributed by atoms with Crippen molar-refractivity contribution in [2.75, 3.05) is 0 Å². The highest BCUT2D eigenvalue weighted by Crippen LogP contribution is 2.54. The molecule has 312 valence electrons. The Balaban J connectivity index is 0.977. The minimum absolute atomic E-state index is 0.810. The number of ether oxygens (including phenoxy) is 1. The highest BCUT2D eigenvalue weighted by molar-refractivity contribution is 6.24. The predicted molar refractivity (Wildman–Crippen MR) is 277 cm³/mol. The van der Waals surface area contributed by atoms with Gasteiger partial charge < -0.3 is 13.6 Å². The van der Waals surface area contributed by atoms with Gasteiger partial charge in [-0.25, -0.2) is 0 Å². The molecule has 0 unspecified atom stereocenters. The topological polar surface area (TPSA) is 35.5 Å². The molecule has 14 rings (SSSR count). The Labute approximate surface area is 386 Å². The average Bonchev–Trinajstić information content (AvgIpc) is 3.98. The molecule has 2 aromatic heterocycles. The lowest BCUT2D eigenvalue weighted by molar-refractivity contribution is 0.487. The summed E-state index contributed by atoms with van der Waals surface area (Å²) >= 11 is 0. The number of hydrogen-bond acceptors (Lipinski definition) is 3. The highest BCUT2D eigenvalue weighted by atomic mass is 16.5. The van der Waals surface area contributed by atoms with Crippen LogP contribution in [0, 0.1) is 0 Å². The lowest BCUT2D eigenvalue weighted by Gasteiger charge is -2.24. The molecule has 0 aliphatic carbocycles. The van der Waals surface area contributed by atoms with E-state index in [1.165, 1.54) is 10.8 Å². The molecule has 3 heterocycles. The summed E-state index contributed by atoms with van der Waals surface area (Å²) in [6.45, 7) is 0. The Hall–Kier alpha value is -8.92. The highest BCUT2D eigenvalue weighted by Gasteiger charge is 2.28. The standard InChI is InChI=1S/C64H38O3/c1-4-17-39(18-5-1)57-46-25-11-10-24-45(46)54-37-43(32-34-47(54)60(57)64-51-29-15-13-27-49(51)62(67-64)42-21-8-3-9-22-42)44-33-35-52-56(38-44)65-55-30-16-23-40-31-36-53(59(52)58(40)55)63-50-28-14-12-26-48(50)61(66-63)41-19-6-2-7-20-41/h1-38H. The third kappa shape index (κ3) is 5.78. The van der Waals surface area contributed by atoms with Gasteiger partial charge in [0.15, 0.2) is 0 Å². The van der Waals surface area contributed by atoms with Crippen LogP contribution in [0.1, 0.15) is 0 Å². The summed E-state index contributed by atoms with van der Waals surface area (Å²) in [5.74, 6) is 5.10. The first-order valence-corrected chi connectivity index (χ1v) is 22.8. The fourth-order valence-corrected chi connectivity index (χ4v) is 10.7. The molecule has 0 amide bonds. The van der Waals surface area contributed by atoms with Gasteiger partial charge in [-0.05, 0) is 74.0 Å². The number of fused-ring (bicyclic) bond motifs is 7. The summed E-state index contributed by atoms with van der Waals surface area (Å²) in [6, 6.07) is 81.7. The Morgan fingerprint density at radius 1 is 0.239 bits per heavy atom. The Bertz CT molecular complexity index is 4100. The van der Waals surface area contributed by atoms with E-state index in [0.29, 0.717) is 0 Å². The van der Waals surface area contributed by atoms with E-state index in [1.807, 2.05) is 12.1 Å². The first-order chi connectivity index (χ1) is 33.2. The van der Waals surface area contributed by atoms with Crippen LogP contribution < -0.4 is 4.74 Å². The smallest absolute Gasteiger partial charge is 0.143 e. The Kier molecular flexibility index (Phi) is 8.28. The van der Waals surface area contributed by atoms with Crippen LogP contribution >= 0.6 is 0 Å². The molecule has 1 aliphatic rings. The lowest BCUT2D eigenvalue weighted by atomic mass is 9.85. The van der Waals surface area contributed by atoms with Gasteiger partial charge in [-0.1, -0.05) is 200 Å². The molecule has 11 aromatic carbocycles. The normalized spacial score (nSPS) is 12.0. The van der Waals surface area contributed by atoms with E-state index < -0.39 is 0 Å². The molecule has 0 fully saturated rings. The van der Waals surface area contributed by atoms with Crippen LogP contribution in [-0.2, 0) is 0 Å². The van der Waals surface area contributed by atoms with Gasteiger partial charge in [0.2, 0.25) is 0 Å². The molecule has 0 saturated carbocycles. The molecule has 3 heteroatoms. The molecule has 0 atom stereocenters. The first kappa shape index (κ1) is 37.5. The minimum Gasteiger partial charge on any atom is -0.456 e. The molecule has 13 aromatic rings. The minimum atomic E-state index is 0.810. The van der Waals surface area contributed by atoms with E-state index >= 15 is 0 Å². The van der Waals surface area contributed by atoms with Gasteiger partial charge in [0, 0.05) is 65.9 Å². The van der Waals surface area contributed by atoms with Crippen molar-refractivity contribution in [3.63, 3.8) is 0 Å². The summed E-state index contributed by atoms with van der Waals surface area (Å²) in [6.07, 6.45) is 0. The van der Waals surface area contributed by atoms with E-state index in [1.54, 1.807) is 0 Å². The molecule has 0 saturated heterocycles. The third-order valence-corrected chi connectivity index (χ3v) is 13.7. The Morgan fingerprint density at radius 3 is 1.42 bits per heavy atom. The quantitative estimate of drug-likeness (QED) is 0.156. The zero-order chi connectivity index (χ0) is 44.0. The van der Waals surface area contributed by atoms with Crippen LogP contribution in [0.15, 0.2) is 239 Å². The lowest BCUT2D eigenvalue weighted by Crippen LogP contribution is -1.99. The second-order valence-corrected chi connectivity index (χ2v) is 17.4. The summed E-state index contributed by atoms with van der Waals surface area (Å²) in [7, 11) is 0. The number of benzene rings is 11. The SMILES string of the molecule is c1ccc(-c2oc(-c3ccc4cccc5c4c3-c3ccc(-c4ccc6c(-c7oc(-c8ccccc8)c8ccccc78)c(-c7ccccc7)c7ccccc7c6c4)cc3O5)c3ccccc23)cc1. The summed E-state index contributed by atoms with van der Waals surface area (Å²) in [5.41, 5.74) is 10.8. The number of hydrogen-bond donors (Lipinski definition) is 0. The molecule has 0 N–H and O–H groups in total. The molecule has 0 spiro atoms. The summed E-state index contributed by atoms with van der Waals surface area (Å²) in [5, 5.41) is 11.2. The summed E-state index contributed by atoms with van der Waals surface area (Å²) < 4.78 is 21.0. The van der Waals surface area contributed by atoms with Crippen molar-refractivity contribution < 1.29 is 13.6 Å². The maximum Gasteiger partial charge on any atom is 0.143 e. The van der Waals surface area contributed by atoms with Crippen molar-refractivity contribution in [2.24, 2.45) is 0 Å². The molecule has 0 radical (unpaired) electrons. The number of rotatable bonds is 6. The van der Waals surface area contributed by atoms with Crippen LogP contribution in [0.5, 0.6) is 11.5 Å². The van der Waals surface area contributed by atoms with Crippen LogP contribution in [0.2, 0.25) is 0 Å². The molecule has 3 nitrogen and oxygen atoms in total. The first-order valence-electron chi connectivity index (χ1n) is 22.8. The maximum atomic E-state index is 7.15. The van der Waals surface area contributed by atoms with Crippen molar-refractivity contribution >= 4 is 53.9 Å². The van der Waals surface area contributed by atoms with Gasteiger partial charge in [0.1, 0.15) is 34.5 Å². The predicted octanol–water partition coefficient (Wildman–Crippen LogP) is 18.4. The fraction of sp³-hybridized carbons (Fsp3) is 0. The van der Waals surface area contributed by atoms with Crippen molar-refractivity contribution in [1.82, 2.24) is 0 Å². The fourth-order valence-electron chi connectivity index (χ4n) is 10.7. The van der Waals surface area contributed by atoms with E-state index in [-0.39, 0.29) is 0 Å². The van der Waals surface area contributed by atoms with Crippen molar-refractivity contribution in [3.8, 4) is 90.2 Å².